The summed E-state index contributed by atoms with van der Waals surface area (Å²) in [6, 6.07) is 4.84. The molecular weight excluding hydrogens is 212 g/mol. The van der Waals surface area contributed by atoms with Crippen LogP contribution in [-0.2, 0) is 6.54 Å². The third kappa shape index (κ3) is 4.17. The van der Waals surface area contributed by atoms with E-state index in [2.05, 4.69) is 30.1 Å². The quantitative estimate of drug-likeness (QED) is 0.751. The van der Waals surface area contributed by atoms with Gasteiger partial charge in [0.05, 0.1) is 12.8 Å². The minimum Gasteiger partial charge on any atom is -0.468 e. The van der Waals surface area contributed by atoms with Crippen LogP contribution in [0.15, 0.2) is 22.8 Å². The van der Waals surface area contributed by atoms with Crippen LogP contribution in [-0.4, -0.2) is 30.6 Å². The second-order valence-electron chi connectivity index (χ2n) is 5.15. The first-order chi connectivity index (χ1) is 8.29. The average molecular weight is 236 g/mol. The summed E-state index contributed by atoms with van der Waals surface area (Å²) in [7, 11) is 0. The van der Waals surface area contributed by atoms with Crippen LogP contribution in [0.5, 0.6) is 0 Å². The molecule has 1 aliphatic carbocycles. The molecule has 0 amide bonds. The second-order valence-corrected chi connectivity index (χ2v) is 5.15. The van der Waals surface area contributed by atoms with Crippen LogP contribution < -0.4 is 5.32 Å². The van der Waals surface area contributed by atoms with E-state index in [0.717, 1.165) is 31.4 Å². The van der Waals surface area contributed by atoms with Crippen molar-refractivity contribution >= 4 is 0 Å². The zero-order valence-electron chi connectivity index (χ0n) is 11.0. The SMILES string of the molecule is CCNCC(C)CN(Cc1ccco1)C1CC1. The van der Waals surface area contributed by atoms with Gasteiger partial charge in [-0.1, -0.05) is 13.8 Å². The van der Waals surface area contributed by atoms with Gasteiger partial charge in [-0.25, -0.2) is 0 Å². The fraction of sp³-hybridized carbons (Fsp3) is 0.714. The standard InChI is InChI=1S/C14H24N2O/c1-3-15-9-12(2)10-16(13-6-7-13)11-14-5-4-8-17-14/h4-5,8,12-13,15H,3,6-7,9-11H2,1-2H3. The smallest absolute Gasteiger partial charge is 0.117 e. The van der Waals surface area contributed by atoms with E-state index in [0.29, 0.717) is 5.92 Å². The number of nitrogens with zero attached hydrogens (tertiary/aromatic N) is 1. The molecule has 3 heteroatoms. The lowest BCUT2D eigenvalue weighted by atomic mass is 10.1. The Morgan fingerprint density at radius 3 is 2.94 bits per heavy atom. The molecule has 1 aliphatic rings. The minimum absolute atomic E-state index is 0.700. The molecule has 1 heterocycles. The summed E-state index contributed by atoms with van der Waals surface area (Å²) >= 11 is 0. The first-order valence-corrected chi connectivity index (χ1v) is 6.76. The van der Waals surface area contributed by atoms with Crippen molar-refractivity contribution in [2.45, 2.75) is 39.3 Å². The van der Waals surface area contributed by atoms with Crippen LogP contribution >= 0.6 is 0 Å². The summed E-state index contributed by atoms with van der Waals surface area (Å²) in [5, 5.41) is 3.42. The summed E-state index contributed by atoms with van der Waals surface area (Å²) in [4.78, 5) is 2.57. The van der Waals surface area contributed by atoms with Gasteiger partial charge >= 0.3 is 0 Å². The number of hydrogen-bond donors (Lipinski definition) is 1. The van der Waals surface area contributed by atoms with E-state index in [1.807, 2.05) is 6.07 Å². The van der Waals surface area contributed by atoms with Crippen molar-refractivity contribution in [1.82, 2.24) is 10.2 Å². The van der Waals surface area contributed by atoms with Crippen molar-refractivity contribution in [3.8, 4) is 0 Å². The largest absolute Gasteiger partial charge is 0.468 e. The molecule has 1 fully saturated rings. The monoisotopic (exact) mass is 236 g/mol. The van der Waals surface area contributed by atoms with E-state index in [9.17, 15) is 0 Å². The van der Waals surface area contributed by atoms with E-state index in [4.69, 9.17) is 4.42 Å². The van der Waals surface area contributed by atoms with E-state index >= 15 is 0 Å². The zero-order chi connectivity index (χ0) is 12.1. The molecule has 0 radical (unpaired) electrons. The number of rotatable bonds is 8. The Hall–Kier alpha value is -0.800. The highest BCUT2D eigenvalue weighted by atomic mass is 16.3. The van der Waals surface area contributed by atoms with Gasteiger partial charge in [-0.3, -0.25) is 4.90 Å². The summed E-state index contributed by atoms with van der Waals surface area (Å²) in [6.45, 7) is 8.78. The molecule has 0 saturated heterocycles. The first-order valence-electron chi connectivity index (χ1n) is 6.76. The molecule has 0 aromatic carbocycles. The van der Waals surface area contributed by atoms with Crippen LogP contribution in [0.1, 0.15) is 32.4 Å². The molecule has 1 aromatic rings. The Bertz CT molecular complexity index is 306. The maximum absolute atomic E-state index is 5.45. The molecule has 1 N–H and O–H groups in total. The van der Waals surface area contributed by atoms with Crippen LogP contribution in [0.3, 0.4) is 0 Å². The maximum atomic E-state index is 5.45. The molecule has 17 heavy (non-hydrogen) atoms. The predicted octanol–water partition coefficient (Wildman–Crippen LogP) is 2.49. The van der Waals surface area contributed by atoms with Gasteiger partial charge in [0.2, 0.25) is 0 Å². The third-order valence-electron chi connectivity index (χ3n) is 3.29. The van der Waals surface area contributed by atoms with Gasteiger partial charge < -0.3 is 9.73 Å². The van der Waals surface area contributed by atoms with Gasteiger partial charge in [-0.2, -0.15) is 0 Å². The van der Waals surface area contributed by atoms with Crippen LogP contribution in [0.25, 0.3) is 0 Å². The lowest BCUT2D eigenvalue weighted by Gasteiger charge is -2.24. The highest BCUT2D eigenvalue weighted by Gasteiger charge is 2.30. The number of furan rings is 1. The van der Waals surface area contributed by atoms with Crippen molar-refractivity contribution in [2.24, 2.45) is 5.92 Å². The normalized spacial score (nSPS) is 17.6. The summed E-state index contributed by atoms with van der Waals surface area (Å²) in [6.07, 6.45) is 4.48. The van der Waals surface area contributed by atoms with Crippen LogP contribution in [0, 0.1) is 5.92 Å². The summed E-state index contributed by atoms with van der Waals surface area (Å²) in [5.41, 5.74) is 0. The van der Waals surface area contributed by atoms with Gasteiger partial charge in [0.25, 0.3) is 0 Å². The summed E-state index contributed by atoms with van der Waals surface area (Å²) in [5.74, 6) is 1.79. The van der Waals surface area contributed by atoms with Gasteiger partial charge in [-0.05, 0) is 44.0 Å². The van der Waals surface area contributed by atoms with Crippen LogP contribution in [0.2, 0.25) is 0 Å². The third-order valence-corrected chi connectivity index (χ3v) is 3.29. The lowest BCUT2D eigenvalue weighted by Crippen LogP contribution is -2.34. The molecule has 2 rings (SSSR count). The molecule has 0 bridgehead atoms. The minimum atomic E-state index is 0.700. The first kappa shape index (κ1) is 12.7. The Morgan fingerprint density at radius 1 is 1.53 bits per heavy atom. The van der Waals surface area contributed by atoms with Crippen LogP contribution in [0.4, 0.5) is 0 Å². The summed E-state index contributed by atoms with van der Waals surface area (Å²) < 4.78 is 5.45. The molecule has 0 aliphatic heterocycles. The van der Waals surface area contributed by atoms with E-state index in [1.54, 1.807) is 6.26 Å². The molecule has 3 nitrogen and oxygen atoms in total. The fourth-order valence-electron chi connectivity index (χ4n) is 2.24. The Balaban J connectivity index is 1.80. The molecule has 1 saturated carbocycles. The highest BCUT2D eigenvalue weighted by Crippen LogP contribution is 2.29. The van der Waals surface area contributed by atoms with E-state index < -0.39 is 0 Å². The van der Waals surface area contributed by atoms with E-state index in [1.165, 1.54) is 19.4 Å². The molecule has 1 atom stereocenters. The van der Waals surface area contributed by atoms with Gasteiger partial charge in [0.15, 0.2) is 0 Å². The number of nitrogens with one attached hydrogen (secondary N) is 1. The van der Waals surface area contributed by atoms with Crippen molar-refractivity contribution in [1.29, 1.82) is 0 Å². The predicted molar refractivity (Wildman–Crippen MR) is 69.8 cm³/mol. The number of hydrogen-bond acceptors (Lipinski definition) is 3. The average Bonchev–Trinajstić information content (AvgIpc) is 3.05. The fourth-order valence-corrected chi connectivity index (χ4v) is 2.24. The van der Waals surface area contributed by atoms with Gasteiger partial charge in [0.1, 0.15) is 5.76 Å². The Kier molecular flexibility index (Phi) is 4.63. The van der Waals surface area contributed by atoms with Crippen molar-refractivity contribution in [2.75, 3.05) is 19.6 Å². The molecule has 1 aromatic heterocycles. The molecule has 96 valence electrons. The topological polar surface area (TPSA) is 28.4 Å². The van der Waals surface area contributed by atoms with Gasteiger partial charge in [-0.15, -0.1) is 0 Å². The zero-order valence-corrected chi connectivity index (χ0v) is 11.0. The Morgan fingerprint density at radius 2 is 2.35 bits per heavy atom. The van der Waals surface area contributed by atoms with Crippen molar-refractivity contribution in [3.63, 3.8) is 0 Å². The molecule has 1 unspecified atom stereocenters. The van der Waals surface area contributed by atoms with E-state index in [-0.39, 0.29) is 0 Å². The molecular formula is C14H24N2O. The van der Waals surface area contributed by atoms with Gasteiger partial charge in [0, 0.05) is 12.6 Å². The van der Waals surface area contributed by atoms with Crippen molar-refractivity contribution in [3.05, 3.63) is 24.2 Å². The Labute approximate surface area is 104 Å². The second kappa shape index (κ2) is 6.22. The maximum Gasteiger partial charge on any atom is 0.117 e. The molecule has 0 spiro atoms. The van der Waals surface area contributed by atoms with Crippen molar-refractivity contribution < 1.29 is 4.42 Å². The lowest BCUT2D eigenvalue weighted by molar-refractivity contribution is 0.202. The highest BCUT2D eigenvalue weighted by molar-refractivity contribution is 4.99.